The topological polar surface area (TPSA) is 52.6 Å². The third kappa shape index (κ3) is 4.22. The fourth-order valence-electron chi connectivity index (χ4n) is 2.49. The van der Waals surface area contributed by atoms with Crippen molar-refractivity contribution < 1.29 is 18.7 Å². The first-order valence-corrected chi connectivity index (χ1v) is 7.11. The number of nitrogens with zero attached hydrogens (tertiary/aromatic N) is 1. The van der Waals surface area contributed by atoms with Crippen LogP contribution in [0.2, 0.25) is 0 Å². The number of likely N-dealkylation sites (tertiary alicyclic amines) is 1. The first-order chi connectivity index (χ1) is 9.97. The number of carbonyl (C=O) groups is 1. The molecule has 0 aliphatic carbocycles. The van der Waals surface area contributed by atoms with Crippen LogP contribution in [0.1, 0.15) is 31.4 Å². The average molecular weight is 298 g/mol. The molecule has 6 heteroatoms. The summed E-state index contributed by atoms with van der Waals surface area (Å²) < 4.78 is 26.5. The second kappa shape index (κ2) is 6.95. The van der Waals surface area contributed by atoms with Gasteiger partial charge >= 0.3 is 0 Å². The SMILES string of the molecule is CC(NCC(O)CN1CCCC1=O)c1ccc(F)cc1F. The van der Waals surface area contributed by atoms with E-state index in [1.807, 2.05) is 0 Å². The highest BCUT2D eigenvalue weighted by atomic mass is 19.1. The number of aliphatic hydroxyl groups is 1. The largest absolute Gasteiger partial charge is 0.390 e. The lowest BCUT2D eigenvalue weighted by Crippen LogP contribution is -2.39. The monoisotopic (exact) mass is 298 g/mol. The zero-order valence-electron chi connectivity index (χ0n) is 12.0. The maximum absolute atomic E-state index is 13.6. The Morgan fingerprint density at radius 3 is 2.81 bits per heavy atom. The number of nitrogens with one attached hydrogen (secondary N) is 1. The van der Waals surface area contributed by atoms with Crippen molar-refractivity contribution in [2.45, 2.75) is 31.9 Å². The predicted octanol–water partition coefficient (Wildman–Crippen LogP) is 1.60. The molecule has 4 nitrogen and oxygen atoms in total. The molecule has 2 unspecified atom stereocenters. The fourth-order valence-corrected chi connectivity index (χ4v) is 2.49. The van der Waals surface area contributed by atoms with E-state index in [0.717, 1.165) is 12.5 Å². The number of hydrogen-bond donors (Lipinski definition) is 2. The van der Waals surface area contributed by atoms with Crippen LogP contribution in [-0.4, -0.2) is 41.7 Å². The number of halogens is 2. The van der Waals surface area contributed by atoms with E-state index < -0.39 is 17.7 Å². The zero-order valence-corrected chi connectivity index (χ0v) is 12.0. The predicted molar refractivity (Wildman–Crippen MR) is 74.6 cm³/mol. The summed E-state index contributed by atoms with van der Waals surface area (Å²) in [4.78, 5) is 13.1. The fraction of sp³-hybridized carbons (Fsp3) is 0.533. The van der Waals surface area contributed by atoms with Crippen LogP contribution in [0.5, 0.6) is 0 Å². The lowest BCUT2D eigenvalue weighted by Gasteiger charge is -2.22. The molecule has 0 saturated carbocycles. The minimum atomic E-state index is -0.710. The van der Waals surface area contributed by atoms with Crippen LogP contribution < -0.4 is 5.32 Å². The molecule has 1 heterocycles. The van der Waals surface area contributed by atoms with Crippen LogP contribution in [0.15, 0.2) is 18.2 Å². The summed E-state index contributed by atoms with van der Waals surface area (Å²) in [6, 6.07) is 3.08. The molecule has 2 rings (SSSR count). The molecule has 0 radical (unpaired) electrons. The molecule has 0 aromatic heterocycles. The molecular weight excluding hydrogens is 278 g/mol. The molecule has 1 amide bonds. The minimum absolute atomic E-state index is 0.0617. The standard InChI is InChI=1S/C15H20F2N2O2/c1-10(13-5-4-11(16)7-14(13)17)18-8-12(20)9-19-6-2-3-15(19)21/h4-5,7,10,12,18,20H,2-3,6,8-9H2,1H3. The third-order valence-electron chi connectivity index (χ3n) is 3.69. The summed E-state index contributed by atoms with van der Waals surface area (Å²) >= 11 is 0. The van der Waals surface area contributed by atoms with Gasteiger partial charge in [-0.1, -0.05) is 6.07 Å². The molecule has 2 atom stereocenters. The van der Waals surface area contributed by atoms with E-state index in [9.17, 15) is 18.7 Å². The van der Waals surface area contributed by atoms with Gasteiger partial charge in [0.1, 0.15) is 11.6 Å². The maximum atomic E-state index is 13.6. The van der Waals surface area contributed by atoms with Gasteiger partial charge in [0.2, 0.25) is 5.91 Å². The Morgan fingerprint density at radius 2 is 2.19 bits per heavy atom. The van der Waals surface area contributed by atoms with Crippen LogP contribution >= 0.6 is 0 Å². The molecule has 1 aliphatic heterocycles. The van der Waals surface area contributed by atoms with Gasteiger partial charge in [0.15, 0.2) is 0 Å². The van der Waals surface area contributed by atoms with Crippen molar-refractivity contribution in [3.63, 3.8) is 0 Å². The minimum Gasteiger partial charge on any atom is -0.390 e. The van der Waals surface area contributed by atoms with Crippen molar-refractivity contribution >= 4 is 5.91 Å². The number of aliphatic hydroxyl groups excluding tert-OH is 1. The van der Waals surface area contributed by atoms with Crippen molar-refractivity contribution in [3.8, 4) is 0 Å². The first kappa shape index (κ1) is 15.9. The molecule has 2 N–H and O–H groups in total. The summed E-state index contributed by atoms with van der Waals surface area (Å²) in [5.74, 6) is -1.16. The Labute approximate surface area is 122 Å². The van der Waals surface area contributed by atoms with E-state index in [1.54, 1.807) is 11.8 Å². The lowest BCUT2D eigenvalue weighted by molar-refractivity contribution is -0.128. The van der Waals surface area contributed by atoms with Gasteiger partial charge in [0, 0.05) is 43.7 Å². The van der Waals surface area contributed by atoms with Gasteiger partial charge in [0.05, 0.1) is 6.10 Å². The van der Waals surface area contributed by atoms with Crippen LogP contribution in [0.4, 0.5) is 8.78 Å². The van der Waals surface area contributed by atoms with Crippen LogP contribution in [-0.2, 0) is 4.79 Å². The summed E-state index contributed by atoms with van der Waals surface area (Å²) in [7, 11) is 0. The van der Waals surface area contributed by atoms with Crippen LogP contribution in [0.3, 0.4) is 0 Å². The second-order valence-electron chi connectivity index (χ2n) is 5.39. The van der Waals surface area contributed by atoms with E-state index >= 15 is 0 Å². The Bertz CT molecular complexity index is 510. The molecule has 1 aromatic rings. The summed E-state index contributed by atoms with van der Waals surface area (Å²) in [6.45, 7) is 2.94. The Morgan fingerprint density at radius 1 is 1.43 bits per heavy atom. The van der Waals surface area contributed by atoms with Gasteiger partial charge in [-0.3, -0.25) is 4.79 Å². The number of β-amino-alcohol motifs (C(OH)–C–C–N with tert-alkyl or cyclic N) is 1. The lowest BCUT2D eigenvalue weighted by atomic mass is 10.1. The highest BCUT2D eigenvalue weighted by Gasteiger charge is 2.22. The van der Waals surface area contributed by atoms with E-state index in [0.29, 0.717) is 18.5 Å². The second-order valence-corrected chi connectivity index (χ2v) is 5.39. The quantitative estimate of drug-likeness (QED) is 0.839. The third-order valence-corrected chi connectivity index (χ3v) is 3.69. The molecule has 1 saturated heterocycles. The molecule has 0 bridgehead atoms. The van der Waals surface area contributed by atoms with Crippen LogP contribution in [0, 0.1) is 11.6 Å². The van der Waals surface area contributed by atoms with Crippen molar-refractivity contribution in [3.05, 3.63) is 35.4 Å². The smallest absolute Gasteiger partial charge is 0.222 e. The molecule has 0 spiro atoms. The Hall–Kier alpha value is -1.53. The molecule has 1 aromatic carbocycles. The molecule has 1 fully saturated rings. The first-order valence-electron chi connectivity index (χ1n) is 7.11. The van der Waals surface area contributed by atoms with Crippen molar-refractivity contribution in [2.75, 3.05) is 19.6 Å². The summed E-state index contributed by atoms with van der Waals surface area (Å²) in [5, 5.41) is 12.9. The number of rotatable bonds is 6. The number of benzene rings is 1. The van der Waals surface area contributed by atoms with Crippen molar-refractivity contribution in [1.82, 2.24) is 10.2 Å². The van der Waals surface area contributed by atoms with Gasteiger partial charge in [-0.2, -0.15) is 0 Å². The average Bonchev–Trinajstić information content (AvgIpc) is 2.81. The summed E-state index contributed by atoms with van der Waals surface area (Å²) in [5.41, 5.74) is 0.348. The van der Waals surface area contributed by atoms with Crippen molar-refractivity contribution in [2.24, 2.45) is 0 Å². The van der Waals surface area contributed by atoms with Gasteiger partial charge in [-0.05, 0) is 19.4 Å². The normalized spacial score (nSPS) is 18.1. The van der Waals surface area contributed by atoms with E-state index in [1.165, 1.54) is 12.1 Å². The van der Waals surface area contributed by atoms with Gasteiger partial charge in [0.25, 0.3) is 0 Å². The van der Waals surface area contributed by atoms with Crippen molar-refractivity contribution in [1.29, 1.82) is 0 Å². The highest BCUT2D eigenvalue weighted by Crippen LogP contribution is 2.17. The number of hydrogen-bond acceptors (Lipinski definition) is 3. The van der Waals surface area contributed by atoms with Gasteiger partial charge in [-0.25, -0.2) is 8.78 Å². The number of amides is 1. The molecular formula is C15H20F2N2O2. The zero-order chi connectivity index (χ0) is 15.4. The molecule has 21 heavy (non-hydrogen) atoms. The summed E-state index contributed by atoms with van der Waals surface area (Å²) in [6.07, 6.45) is 0.658. The van der Waals surface area contributed by atoms with E-state index in [-0.39, 0.29) is 25.0 Å². The molecule has 1 aliphatic rings. The molecule has 116 valence electrons. The van der Waals surface area contributed by atoms with Gasteiger partial charge in [-0.15, -0.1) is 0 Å². The highest BCUT2D eigenvalue weighted by molar-refractivity contribution is 5.78. The Balaban J connectivity index is 1.82. The van der Waals surface area contributed by atoms with E-state index in [4.69, 9.17) is 0 Å². The van der Waals surface area contributed by atoms with Gasteiger partial charge < -0.3 is 15.3 Å². The Kier molecular flexibility index (Phi) is 5.25. The number of carbonyl (C=O) groups excluding carboxylic acids is 1. The van der Waals surface area contributed by atoms with E-state index in [2.05, 4.69) is 5.32 Å². The van der Waals surface area contributed by atoms with Crippen LogP contribution in [0.25, 0.3) is 0 Å². The maximum Gasteiger partial charge on any atom is 0.222 e.